The summed E-state index contributed by atoms with van der Waals surface area (Å²) in [5.74, 6) is 0.847. The maximum atomic E-state index is 12.6. The Kier molecular flexibility index (Phi) is 4.92. The molecule has 6 heteroatoms. The number of ether oxygens (including phenoxy) is 1. The van der Waals surface area contributed by atoms with Crippen LogP contribution in [0, 0.1) is 0 Å². The van der Waals surface area contributed by atoms with Gasteiger partial charge in [-0.15, -0.1) is 0 Å². The lowest BCUT2D eigenvalue weighted by molar-refractivity contribution is -0.127. The average molecular weight is 331 g/mol. The maximum Gasteiger partial charge on any atom is 0.319 e. The number of carbonyl (C=O) groups excluding carboxylic acids is 2. The molecule has 3 rings (SSSR count). The fraction of sp³-hybridized carbons (Fsp3) is 0.556. The van der Waals surface area contributed by atoms with Gasteiger partial charge in [-0.1, -0.05) is 25.1 Å². The van der Waals surface area contributed by atoms with Crippen LogP contribution in [0.5, 0.6) is 5.75 Å². The Morgan fingerprint density at radius 2 is 2.08 bits per heavy atom. The number of rotatable bonds is 6. The first kappa shape index (κ1) is 16.6. The molecule has 1 aliphatic heterocycles. The standard InChI is InChI=1S/C18H25N3O3/c1-3-15(14-7-5-6-8-16(14)24-4-2)19-18(23)20-11-17(22)21(12-20)13-9-10-13/h5-8,13,15H,3-4,9-12H2,1-2H3,(H,19,23)/t15-/m0/s1. The van der Waals surface area contributed by atoms with Crippen LogP contribution in [-0.4, -0.2) is 47.6 Å². The largest absolute Gasteiger partial charge is 0.494 e. The molecule has 0 aromatic heterocycles. The minimum absolute atomic E-state index is 0.0513. The van der Waals surface area contributed by atoms with Gasteiger partial charge in [-0.2, -0.15) is 0 Å². The van der Waals surface area contributed by atoms with E-state index >= 15 is 0 Å². The van der Waals surface area contributed by atoms with Crippen LogP contribution in [0.4, 0.5) is 4.79 Å². The molecule has 1 aromatic carbocycles. The van der Waals surface area contributed by atoms with Crippen molar-refractivity contribution in [2.24, 2.45) is 0 Å². The SMILES string of the molecule is CCOc1ccccc1[C@H](CC)NC(=O)N1CC(=O)N(C2CC2)C1. The van der Waals surface area contributed by atoms with Crippen LogP contribution in [0.25, 0.3) is 0 Å². The lowest BCUT2D eigenvalue weighted by Crippen LogP contribution is -2.41. The third kappa shape index (κ3) is 3.47. The molecule has 3 amide bonds. The molecule has 130 valence electrons. The van der Waals surface area contributed by atoms with Gasteiger partial charge in [-0.05, 0) is 32.3 Å². The van der Waals surface area contributed by atoms with Crippen molar-refractivity contribution in [3.63, 3.8) is 0 Å². The van der Waals surface area contributed by atoms with Gasteiger partial charge in [-0.25, -0.2) is 4.79 Å². The van der Waals surface area contributed by atoms with E-state index in [0.29, 0.717) is 19.3 Å². The van der Waals surface area contributed by atoms with Gasteiger partial charge in [0.15, 0.2) is 0 Å². The normalized spacial score (nSPS) is 18.7. The van der Waals surface area contributed by atoms with Crippen LogP contribution >= 0.6 is 0 Å². The molecule has 24 heavy (non-hydrogen) atoms. The van der Waals surface area contributed by atoms with Crippen molar-refractivity contribution in [2.75, 3.05) is 19.8 Å². The number of hydrogen-bond acceptors (Lipinski definition) is 3. The van der Waals surface area contributed by atoms with E-state index in [1.165, 1.54) is 0 Å². The van der Waals surface area contributed by atoms with Crippen molar-refractivity contribution in [3.05, 3.63) is 29.8 Å². The first-order valence-corrected chi connectivity index (χ1v) is 8.70. The lowest BCUT2D eigenvalue weighted by atomic mass is 10.0. The predicted molar refractivity (Wildman–Crippen MR) is 90.6 cm³/mol. The molecule has 6 nitrogen and oxygen atoms in total. The highest BCUT2D eigenvalue weighted by atomic mass is 16.5. The van der Waals surface area contributed by atoms with Gasteiger partial charge in [-0.3, -0.25) is 9.69 Å². The number of nitrogens with one attached hydrogen (secondary N) is 1. The predicted octanol–water partition coefficient (Wildman–Crippen LogP) is 2.51. The molecule has 1 aromatic rings. The second-order valence-electron chi connectivity index (χ2n) is 6.32. The number of nitrogens with zero attached hydrogens (tertiary/aromatic N) is 2. The Hall–Kier alpha value is -2.24. The summed E-state index contributed by atoms with van der Waals surface area (Å²) in [4.78, 5) is 28.0. The zero-order chi connectivity index (χ0) is 17.1. The van der Waals surface area contributed by atoms with Crippen molar-refractivity contribution in [1.82, 2.24) is 15.1 Å². The van der Waals surface area contributed by atoms with Gasteiger partial charge in [0.1, 0.15) is 12.3 Å². The Bertz CT molecular complexity index is 615. The summed E-state index contributed by atoms with van der Waals surface area (Å²) in [5, 5.41) is 3.05. The lowest BCUT2D eigenvalue weighted by Gasteiger charge is -2.24. The number of urea groups is 1. The topological polar surface area (TPSA) is 61.9 Å². The van der Waals surface area contributed by atoms with Crippen molar-refractivity contribution >= 4 is 11.9 Å². The monoisotopic (exact) mass is 331 g/mol. The number of para-hydroxylation sites is 1. The van der Waals surface area contributed by atoms with Crippen LogP contribution in [-0.2, 0) is 4.79 Å². The zero-order valence-electron chi connectivity index (χ0n) is 14.3. The zero-order valence-corrected chi connectivity index (χ0v) is 14.3. The molecule has 1 saturated carbocycles. The maximum absolute atomic E-state index is 12.6. The second kappa shape index (κ2) is 7.11. The third-order valence-corrected chi connectivity index (χ3v) is 4.54. The molecular weight excluding hydrogens is 306 g/mol. The number of hydrogen-bond donors (Lipinski definition) is 1. The van der Waals surface area contributed by atoms with E-state index in [0.717, 1.165) is 30.6 Å². The number of amides is 3. The third-order valence-electron chi connectivity index (χ3n) is 4.54. The van der Waals surface area contributed by atoms with Crippen LogP contribution in [0.2, 0.25) is 0 Å². The molecule has 2 fully saturated rings. The summed E-state index contributed by atoms with van der Waals surface area (Å²) in [6, 6.07) is 7.79. The van der Waals surface area contributed by atoms with Crippen molar-refractivity contribution in [2.45, 2.75) is 45.2 Å². The van der Waals surface area contributed by atoms with Crippen LogP contribution in [0.15, 0.2) is 24.3 Å². The highest BCUT2D eigenvalue weighted by Crippen LogP contribution is 2.30. The molecule has 1 atom stereocenters. The summed E-state index contributed by atoms with van der Waals surface area (Å²) < 4.78 is 5.67. The fourth-order valence-corrected chi connectivity index (χ4v) is 3.10. The van der Waals surface area contributed by atoms with Crippen LogP contribution < -0.4 is 10.1 Å². The molecule has 1 N–H and O–H groups in total. The first-order valence-electron chi connectivity index (χ1n) is 8.70. The number of benzene rings is 1. The van der Waals surface area contributed by atoms with Crippen molar-refractivity contribution < 1.29 is 14.3 Å². The molecule has 1 saturated heterocycles. The Morgan fingerprint density at radius 1 is 1.33 bits per heavy atom. The van der Waals surface area contributed by atoms with Gasteiger partial charge >= 0.3 is 6.03 Å². The molecule has 0 unspecified atom stereocenters. The van der Waals surface area contributed by atoms with Gasteiger partial charge in [0.2, 0.25) is 5.91 Å². The van der Waals surface area contributed by atoms with E-state index in [9.17, 15) is 9.59 Å². The quantitative estimate of drug-likeness (QED) is 0.871. The molecule has 1 aliphatic carbocycles. The summed E-state index contributed by atoms with van der Waals surface area (Å²) in [6.07, 6.45) is 2.87. The first-order chi connectivity index (χ1) is 11.6. The highest BCUT2D eigenvalue weighted by molar-refractivity contribution is 5.87. The van der Waals surface area contributed by atoms with E-state index in [1.807, 2.05) is 43.0 Å². The smallest absolute Gasteiger partial charge is 0.319 e. The summed E-state index contributed by atoms with van der Waals surface area (Å²) in [5.41, 5.74) is 0.972. The van der Waals surface area contributed by atoms with Crippen LogP contribution in [0.1, 0.15) is 44.7 Å². The molecule has 1 heterocycles. The van der Waals surface area contributed by atoms with Crippen molar-refractivity contribution in [1.29, 1.82) is 0 Å². The summed E-state index contributed by atoms with van der Waals surface area (Å²) >= 11 is 0. The molecule has 0 bridgehead atoms. The summed E-state index contributed by atoms with van der Waals surface area (Å²) in [7, 11) is 0. The molecule has 0 spiro atoms. The van der Waals surface area contributed by atoms with Crippen molar-refractivity contribution in [3.8, 4) is 5.75 Å². The van der Waals surface area contributed by atoms with Gasteiger partial charge in [0.25, 0.3) is 0 Å². The highest BCUT2D eigenvalue weighted by Gasteiger charge is 2.40. The van der Waals surface area contributed by atoms with E-state index in [4.69, 9.17) is 4.74 Å². The van der Waals surface area contributed by atoms with Crippen LogP contribution in [0.3, 0.4) is 0 Å². The molecule has 2 aliphatic rings. The average Bonchev–Trinajstić information content (AvgIpc) is 3.35. The minimum Gasteiger partial charge on any atom is -0.494 e. The Labute approximate surface area is 142 Å². The van der Waals surface area contributed by atoms with E-state index < -0.39 is 0 Å². The van der Waals surface area contributed by atoms with Gasteiger partial charge < -0.3 is 15.0 Å². The van der Waals surface area contributed by atoms with Gasteiger partial charge in [0, 0.05) is 11.6 Å². The fourth-order valence-electron chi connectivity index (χ4n) is 3.10. The molecule has 0 radical (unpaired) electrons. The summed E-state index contributed by atoms with van der Waals surface area (Å²) in [6.45, 7) is 5.13. The molecular formula is C18H25N3O3. The Balaban J connectivity index is 1.67. The number of carbonyl (C=O) groups is 2. The van der Waals surface area contributed by atoms with Gasteiger partial charge in [0.05, 0.1) is 19.3 Å². The second-order valence-corrected chi connectivity index (χ2v) is 6.32. The van der Waals surface area contributed by atoms with E-state index in [2.05, 4.69) is 5.32 Å². The minimum atomic E-state index is -0.190. The van der Waals surface area contributed by atoms with E-state index in [1.54, 1.807) is 4.90 Å². The van der Waals surface area contributed by atoms with E-state index in [-0.39, 0.29) is 24.5 Å². The Morgan fingerprint density at radius 3 is 2.75 bits per heavy atom.